The molecule has 1 atom stereocenters. The second kappa shape index (κ2) is 7.48. The van der Waals surface area contributed by atoms with Crippen LogP contribution in [0.1, 0.15) is 24.5 Å². The van der Waals surface area contributed by atoms with Gasteiger partial charge >= 0.3 is 0 Å². The van der Waals surface area contributed by atoms with Crippen LogP contribution in [0.25, 0.3) is 0 Å². The quantitative estimate of drug-likeness (QED) is 0.918. The second-order valence-electron chi connectivity index (χ2n) is 5.67. The zero-order valence-electron chi connectivity index (χ0n) is 12.9. The fourth-order valence-electron chi connectivity index (χ4n) is 2.96. The summed E-state index contributed by atoms with van der Waals surface area (Å²) in [5.41, 5.74) is 0.791. The van der Waals surface area contributed by atoms with Crippen molar-refractivity contribution in [2.24, 2.45) is 0 Å². The SMILES string of the molecule is OCCN1CCCC(c2nccnc2Oc2cccc(F)c2)C1. The van der Waals surface area contributed by atoms with Crippen LogP contribution >= 0.6 is 0 Å². The number of nitrogens with zero attached hydrogens (tertiary/aromatic N) is 3. The minimum absolute atomic E-state index is 0.153. The molecule has 2 heterocycles. The standard InChI is InChI=1S/C17H20FN3O2/c18-14-4-1-5-15(11-14)23-17-16(19-6-7-20-17)13-3-2-8-21(12-13)9-10-22/h1,4-7,11,13,22H,2-3,8-10,12H2. The van der Waals surface area contributed by atoms with Crippen LogP contribution in [-0.2, 0) is 0 Å². The highest BCUT2D eigenvalue weighted by molar-refractivity contribution is 5.31. The molecule has 2 aromatic rings. The van der Waals surface area contributed by atoms with Crippen LogP contribution in [-0.4, -0.2) is 46.2 Å². The van der Waals surface area contributed by atoms with Gasteiger partial charge in [-0.05, 0) is 31.5 Å². The largest absolute Gasteiger partial charge is 0.437 e. The summed E-state index contributed by atoms with van der Waals surface area (Å²) in [5.74, 6) is 0.691. The van der Waals surface area contributed by atoms with Gasteiger partial charge in [-0.3, -0.25) is 4.98 Å². The van der Waals surface area contributed by atoms with Crippen molar-refractivity contribution < 1.29 is 14.2 Å². The fraction of sp³-hybridized carbons (Fsp3) is 0.412. The molecule has 0 bridgehead atoms. The third kappa shape index (κ3) is 4.03. The van der Waals surface area contributed by atoms with Crippen LogP contribution < -0.4 is 4.74 Å². The van der Waals surface area contributed by atoms with Crippen molar-refractivity contribution in [1.82, 2.24) is 14.9 Å². The van der Waals surface area contributed by atoms with Gasteiger partial charge in [-0.15, -0.1) is 0 Å². The lowest BCUT2D eigenvalue weighted by atomic mass is 9.94. The van der Waals surface area contributed by atoms with Gasteiger partial charge in [-0.25, -0.2) is 9.37 Å². The fourth-order valence-corrected chi connectivity index (χ4v) is 2.96. The van der Waals surface area contributed by atoms with Crippen molar-refractivity contribution >= 4 is 0 Å². The third-order valence-electron chi connectivity index (χ3n) is 4.01. The third-order valence-corrected chi connectivity index (χ3v) is 4.01. The summed E-state index contributed by atoms with van der Waals surface area (Å²) in [6, 6.07) is 6.00. The Hall–Kier alpha value is -2.05. The Morgan fingerprint density at radius 2 is 2.17 bits per heavy atom. The molecule has 0 amide bonds. The Kier molecular flexibility index (Phi) is 5.15. The van der Waals surface area contributed by atoms with Gasteiger partial charge in [0.05, 0.1) is 6.61 Å². The maximum atomic E-state index is 13.3. The minimum atomic E-state index is -0.347. The summed E-state index contributed by atoms with van der Waals surface area (Å²) in [4.78, 5) is 10.9. The van der Waals surface area contributed by atoms with E-state index in [0.717, 1.165) is 31.6 Å². The molecule has 0 spiro atoms. The zero-order chi connectivity index (χ0) is 16.1. The first-order chi connectivity index (χ1) is 11.3. The van der Waals surface area contributed by atoms with Crippen LogP contribution in [0, 0.1) is 5.82 Å². The molecule has 1 aliphatic rings. The number of aliphatic hydroxyl groups excluding tert-OH is 1. The van der Waals surface area contributed by atoms with Gasteiger partial charge in [-0.1, -0.05) is 6.07 Å². The summed E-state index contributed by atoms with van der Waals surface area (Å²) in [7, 11) is 0. The number of β-amino-alcohol motifs (C(OH)–C–C–N with tert-alkyl or cyclic N) is 1. The van der Waals surface area contributed by atoms with Crippen LogP contribution in [0.5, 0.6) is 11.6 Å². The van der Waals surface area contributed by atoms with Gasteiger partial charge in [0, 0.05) is 37.5 Å². The number of aromatic nitrogens is 2. The topological polar surface area (TPSA) is 58.5 Å². The minimum Gasteiger partial charge on any atom is -0.437 e. The number of rotatable bonds is 5. The molecule has 1 aromatic heterocycles. The first kappa shape index (κ1) is 15.8. The lowest BCUT2D eigenvalue weighted by molar-refractivity contribution is 0.159. The number of ether oxygens (including phenoxy) is 1. The average molecular weight is 317 g/mol. The maximum absolute atomic E-state index is 13.3. The summed E-state index contributed by atoms with van der Waals surface area (Å²) in [5, 5.41) is 9.12. The molecule has 122 valence electrons. The first-order valence-corrected chi connectivity index (χ1v) is 7.84. The Morgan fingerprint density at radius 3 is 3.00 bits per heavy atom. The van der Waals surface area contributed by atoms with E-state index < -0.39 is 0 Å². The van der Waals surface area contributed by atoms with Crippen LogP contribution in [0.3, 0.4) is 0 Å². The molecule has 0 radical (unpaired) electrons. The van der Waals surface area contributed by atoms with Crippen molar-refractivity contribution in [3.8, 4) is 11.6 Å². The van der Waals surface area contributed by atoms with Crippen molar-refractivity contribution in [2.45, 2.75) is 18.8 Å². The highest BCUT2D eigenvalue weighted by Crippen LogP contribution is 2.32. The van der Waals surface area contributed by atoms with E-state index >= 15 is 0 Å². The molecular weight excluding hydrogens is 297 g/mol. The van der Waals surface area contributed by atoms with E-state index in [1.807, 2.05) is 0 Å². The second-order valence-corrected chi connectivity index (χ2v) is 5.67. The van der Waals surface area contributed by atoms with Crippen molar-refractivity contribution in [3.63, 3.8) is 0 Å². The zero-order valence-corrected chi connectivity index (χ0v) is 12.9. The van der Waals surface area contributed by atoms with E-state index in [1.165, 1.54) is 12.1 Å². The van der Waals surface area contributed by atoms with E-state index in [-0.39, 0.29) is 18.3 Å². The van der Waals surface area contributed by atoms with Gasteiger partial charge < -0.3 is 14.7 Å². The Labute approximate surface area is 134 Å². The van der Waals surface area contributed by atoms with Crippen molar-refractivity contribution in [3.05, 3.63) is 48.2 Å². The summed E-state index contributed by atoms with van der Waals surface area (Å²) in [6.07, 6.45) is 5.27. The molecule has 1 aromatic carbocycles. The number of likely N-dealkylation sites (tertiary alicyclic amines) is 1. The maximum Gasteiger partial charge on any atom is 0.241 e. The molecular formula is C17H20FN3O2. The average Bonchev–Trinajstić information content (AvgIpc) is 2.56. The molecule has 3 rings (SSSR count). The number of benzene rings is 1. The van der Waals surface area contributed by atoms with Gasteiger partial charge in [0.15, 0.2) is 0 Å². The molecule has 5 nitrogen and oxygen atoms in total. The first-order valence-electron chi connectivity index (χ1n) is 7.84. The lowest BCUT2D eigenvalue weighted by Crippen LogP contribution is -2.36. The summed E-state index contributed by atoms with van der Waals surface area (Å²) in [6.45, 7) is 2.62. The van der Waals surface area contributed by atoms with Gasteiger partial charge in [0.25, 0.3) is 0 Å². The van der Waals surface area contributed by atoms with Gasteiger partial charge in [-0.2, -0.15) is 0 Å². The van der Waals surface area contributed by atoms with Crippen LogP contribution in [0.15, 0.2) is 36.7 Å². The molecule has 23 heavy (non-hydrogen) atoms. The number of hydrogen-bond acceptors (Lipinski definition) is 5. The van der Waals surface area contributed by atoms with E-state index in [4.69, 9.17) is 9.84 Å². The highest BCUT2D eigenvalue weighted by Gasteiger charge is 2.25. The molecule has 0 saturated carbocycles. The van der Waals surface area contributed by atoms with E-state index in [9.17, 15) is 4.39 Å². The summed E-state index contributed by atoms with van der Waals surface area (Å²) >= 11 is 0. The number of halogens is 1. The van der Waals surface area contributed by atoms with Crippen molar-refractivity contribution in [2.75, 3.05) is 26.2 Å². The molecule has 0 aliphatic carbocycles. The Bertz CT molecular complexity index is 651. The Balaban J connectivity index is 1.80. The van der Waals surface area contributed by atoms with E-state index in [0.29, 0.717) is 18.2 Å². The number of hydrogen-bond donors (Lipinski definition) is 1. The summed E-state index contributed by atoms with van der Waals surface area (Å²) < 4.78 is 19.1. The van der Waals surface area contributed by atoms with Gasteiger partial charge in [0.1, 0.15) is 17.3 Å². The van der Waals surface area contributed by atoms with Crippen LogP contribution in [0.2, 0.25) is 0 Å². The molecule has 1 N–H and O–H groups in total. The smallest absolute Gasteiger partial charge is 0.241 e. The number of aliphatic hydroxyl groups is 1. The van der Waals surface area contributed by atoms with Gasteiger partial charge in [0.2, 0.25) is 5.88 Å². The molecule has 1 fully saturated rings. The Morgan fingerprint density at radius 1 is 1.30 bits per heavy atom. The van der Waals surface area contributed by atoms with E-state index in [1.54, 1.807) is 24.5 Å². The highest BCUT2D eigenvalue weighted by atomic mass is 19.1. The number of piperidine rings is 1. The molecule has 1 saturated heterocycles. The van der Waals surface area contributed by atoms with Crippen LogP contribution in [0.4, 0.5) is 4.39 Å². The van der Waals surface area contributed by atoms with Crippen molar-refractivity contribution in [1.29, 1.82) is 0 Å². The monoisotopic (exact) mass is 317 g/mol. The predicted octanol–water partition coefficient (Wildman–Crippen LogP) is 2.58. The van der Waals surface area contributed by atoms with E-state index in [2.05, 4.69) is 14.9 Å². The normalized spacial score (nSPS) is 18.8. The molecule has 1 aliphatic heterocycles. The predicted molar refractivity (Wildman–Crippen MR) is 84.0 cm³/mol. The molecule has 6 heteroatoms. The molecule has 1 unspecified atom stereocenters. The lowest BCUT2D eigenvalue weighted by Gasteiger charge is -2.32.